The number of hydrogen-bond donors (Lipinski definition) is 1. The third kappa shape index (κ3) is 3.95. The number of hydrogen-bond acceptors (Lipinski definition) is 4. The van der Waals surface area contributed by atoms with Gasteiger partial charge < -0.3 is 15.0 Å². The van der Waals surface area contributed by atoms with E-state index in [0.29, 0.717) is 23.9 Å². The Morgan fingerprint density at radius 2 is 2.03 bits per heavy atom. The monoisotopic (exact) mass is 485 g/mol. The van der Waals surface area contributed by atoms with Gasteiger partial charge in [-0.2, -0.15) is 0 Å². The summed E-state index contributed by atoms with van der Waals surface area (Å²) in [5.41, 5.74) is 2.56. The van der Waals surface area contributed by atoms with E-state index in [2.05, 4.69) is 5.32 Å². The number of fused-ring (bicyclic) bond motifs is 2. The summed E-state index contributed by atoms with van der Waals surface area (Å²) < 4.78 is 5.36. The van der Waals surface area contributed by atoms with Gasteiger partial charge in [-0.25, -0.2) is 4.79 Å². The maximum Gasteiger partial charge on any atom is 0.319 e. The number of urea groups is 1. The molecule has 2 fully saturated rings. The Labute approximate surface area is 203 Å². The van der Waals surface area contributed by atoms with Crippen LogP contribution in [-0.4, -0.2) is 42.3 Å². The molecule has 3 aliphatic rings. The highest BCUT2D eigenvalue weighted by Crippen LogP contribution is 2.55. The first-order valence-electron chi connectivity index (χ1n) is 11.5. The van der Waals surface area contributed by atoms with Crippen LogP contribution in [0.1, 0.15) is 43.2 Å². The third-order valence-electron chi connectivity index (χ3n) is 6.81. The molecule has 0 unspecified atom stereocenters. The average molecular weight is 486 g/mol. The van der Waals surface area contributed by atoms with Crippen LogP contribution in [0.5, 0.6) is 5.75 Å². The minimum Gasteiger partial charge on any atom is -0.497 e. The van der Waals surface area contributed by atoms with Gasteiger partial charge in [-0.3, -0.25) is 9.69 Å². The van der Waals surface area contributed by atoms with Gasteiger partial charge in [0.05, 0.1) is 19.3 Å². The minimum atomic E-state index is -1.09. The van der Waals surface area contributed by atoms with E-state index in [1.54, 1.807) is 23.0 Å². The van der Waals surface area contributed by atoms with Crippen molar-refractivity contribution in [3.8, 4) is 5.75 Å². The number of amides is 3. The van der Waals surface area contributed by atoms with Crippen molar-refractivity contribution in [3.05, 3.63) is 58.6 Å². The number of nitrogens with zero attached hydrogens (tertiary/aromatic N) is 2. The topological polar surface area (TPSA) is 61.9 Å². The van der Waals surface area contributed by atoms with E-state index < -0.39 is 4.87 Å². The fourth-order valence-corrected chi connectivity index (χ4v) is 6.82. The largest absolute Gasteiger partial charge is 0.497 e. The number of halogens is 1. The third-order valence-corrected chi connectivity index (χ3v) is 8.46. The zero-order chi connectivity index (χ0) is 23.0. The van der Waals surface area contributed by atoms with E-state index in [1.165, 1.54) is 18.2 Å². The van der Waals surface area contributed by atoms with Crippen molar-refractivity contribution in [3.63, 3.8) is 0 Å². The van der Waals surface area contributed by atoms with Gasteiger partial charge in [0.25, 0.3) is 5.91 Å². The second-order valence-electron chi connectivity index (χ2n) is 8.83. The molecule has 8 heteroatoms. The SMILES string of the molecule is COc1cccc(CN2C(=O)[C@@]3(SCCN3C(=O)NC3CCCCC3)c3cc(Cl)ccc32)c1. The van der Waals surface area contributed by atoms with Gasteiger partial charge in [-0.1, -0.05) is 43.0 Å². The Morgan fingerprint density at radius 3 is 2.82 bits per heavy atom. The van der Waals surface area contributed by atoms with Crippen LogP contribution in [0.2, 0.25) is 5.02 Å². The van der Waals surface area contributed by atoms with Crippen molar-refractivity contribution in [2.24, 2.45) is 0 Å². The molecule has 2 aromatic rings. The molecule has 33 heavy (non-hydrogen) atoms. The summed E-state index contributed by atoms with van der Waals surface area (Å²) in [5.74, 6) is 1.35. The van der Waals surface area contributed by atoms with Gasteiger partial charge in [-0.15, -0.1) is 11.8 Å². The van der Waals surface area contributed by atoms with Gasteiger partial charge in [0.15, 0.2) is 4.87 Å². The van der Waals surface area contributed by atoms with Crippen LogP contribution in [0.15, 0.2) is 42.5 Å². The molecule has 0 bridgehead atoms. The lowest BCUT2D eigenvalue weighted by molar-refractivity contribution is -0.123. The zero-order valence-corrected chi connectivity index (χ0v) is 20.3. The van der Waals surface area contributed by atoms with Crippen LogP contribution in [0.25, 0.3) is 0 Å². The highest BCUT2D eigenvalue weighted by Gasteiger charge is 2.59. The number of ether oxygens (including phenoxy) is 1. The van der Waals surface area contributed by atoms with E-state index in [4.69, 9.17) is 16.3 Å². The molecule has 1 aliphatic carbocycles. The molecule has 174 valence electrons. The molecule has 1 saturated heterocycles. The Bertz CT molecular complexity index is 1070. The van der Waals surface area contributed by atoms with E-state index in [-0.39, 0.29) is 18.0 Å². The highest BCUT2D eigenvalue weighted by molar-refractivity contribution is 8.01. The first kappa shape index (κ1) is 22.4. The number of carbonyl (C=O) groups is 2. The van der Waals surface area contributed by atoms with Crippen molar-refractivity contribution >= 4 is 41.0 Å². The number of thioether (sulfide) groups is 1. The fourth-order valence-electron chi connectivity index (χ4n) is 5.20. The predicted molar refractivity (Wildman–Crippen MR) is 132 cm³/mol. The van der Waals surface area contributed by atoms with Gasteiger partial charge >= 0.3 is 6.03 Å². The van der Waals surface area contributed by atoms with E-state index >= 15 is 0 Å². The number of rotatable bonds is 4. The maximum absolute atomic E-state index is 14.1. The Balaban J connectivity index is 1.49. The molecule has 1 spiro atoms. The van der Waals surface area contributed by atoms with E-state index in [0.717, 1.165) is 48.2 Å². The lowest BCUT2D eigenvalue weighted by Gasteiger charge is -2.35. The minimum absolute atomic E-state index is 0.0936. The van der Waals surface area contributed by atoms with Crippen LogP contribution >= 0.6 is 23.4 Å². The number of anilines is 1. The summed E-state index contributed by atoms with van der Waals surface area (Å²) in [7, 11) is 1.63. The standard InChI is InChI=1S/C25H28ClN3O3S/c1-32-20-9-5-6-17(14-20)16-28-22-11-10-18(26)15-21(22)25(23(28)30)29(12-13-33-25)24(31)27-19-7-3-2-4-8-19/h5-6,9-11,14-15,19H,2-4,7-8,12-13,16H2,1H3,(H,27,31)/t25-/m0/s1. The first-order chi connectivity index (χ1) is 16.0. The molecule has 2 heterocycles. The molecule has 0 aromatic heterocycles. The van der Waals surface area contributed by atoms with Crippen molar-refractivity contribution in [2.75, 3.05) is 24.3 Å². The summed E-state index contributed by atoms with van der Waals surface area (Å²) in [4.78, 5) is 29.9. The molecule has 0 radical (unpaired) electrons. The molecular formula is C25H28ClN3O3S. The number of carbonyl (C=O) groups excluding carboxylic acids is 2. The molecule has 2 aromatic carbocycles. The zero-order valence-electron chi connectivity index (χ0n) is 18.7. The normalized spacial score (nSPS) is 22.7. The Morgan fingerprint density at radius 1 is 1.21 bits per heavy atom. The lowest BCUT2D eigenvalue weighted by atomic mass is 9.95. The van der Waals surface area contributed by atoms with Crippen molar-refractivity contribution < 1.29 is 14.3 Å². The molecule has 3 amide bonds. The summed E-state index contributed by atoms with van der Waals surface area (Å²) in [6.07, 6.45) is 5.49. The second-order valence-corrected chi connectivity index (χ2v) is 10.6. The Hall–Kier alpha value is -2.38. The van der Waals surface area contributed by atoms with Gasteiger partial charge in [0, 0.05) is 28.9 Å². The molecule has 2 aliphatic heterocycles. The molecule has 5 rings (SSSR count). The molecule has 1 atom stereocenters. The summed E-state index contributed by atoms with van der Waals surface area (Å²) >= 11 is 7.91. The summed E-state index contributed by atoms with van der Waals surface area (Å²) in [6, 6.07) is 13.3. The first-order valence-corrected chi connectivity index (χ1v) is 12.9. The van der Waals surface area contributed by atoms with Gasteiger partial charge in [-0.05, 0) is 48.7 Å². The van der Waals surface area contributed by atoms with Crippen LogP contribution in [0, 0.1) is 0 Å². The summed E-state index contributed by atoms with van der Waals surface area (Å²) in [6.45, 7) is 0.916. The quantitative estimate of drug-likeness (QED) is 0.651. The number of nitrogens with one attached hydrogen (secondary N) is 1. The van der Waals surface area contributed by atoms with Crippen LogP contribution in [-0.2, 0) is 16.2 Å². The lowest BCUT2D eigenvalue weighted by Crippen LogP contribution is -2.55. The van der Waals surface area contributed by atoms with Crippen LogP contribution < -0.4 is 15.0 Å². The number of methoxy groups -OCH3 is 1. The second kappa shape index (κ2) is 9.11. The fraction of sp³-hybridized carbons (Fsp3) is 0.440. The molecule has 1 N–H and O–H groups in total. The summed E-state index contributed by atoms with van der Waals surface area (Å²) in [5, 5.41) is 3.77. The predicted octanol–water partition coefficient (Wildman–Crippen LogP) is 5.14. The Kier molecular flexibility index (Phi) is 6.18. The average Bonchev–Trinajstić information content (AvgIpc) is 3.37. The maximum atomic E-state index is 14.1. The van der Waals surface area contributed by atoms with Crippen LogP contribution in [0.4, 0.5) is 10.5 Å². The smallest absolute Gasteiger partial charge is 0.319 e. The van der Waals surface area contributed by atoms with Crippen LogP contribution in [0.3, 0.4) is 0 Å². The van der Waals surface area contributed by atoms with E-state index in [1.807, 2.05) is 36.4 Å². The van der Waals surface area contributed by atoms with E-state index in [9.17, 15) is 9.59 Å². The highest BCUT2D eigenvalue weighted by atomic mass is 35.5. The molecule has 6 nitrogen and oxygen atoms in total. The van der Waals surface area contributed by atoms with Crippen molar-refractivity contribution in [2.45, 2.75) is 49.6 Å². The van der Waals surface area contributed by atoms with Gasteiger partial charge in [0.2, 0.25) is 0 Å². The number of benzene rings is 2. The van der Waals surface area contributed by atoms with Gasteiger partial charge in [0.1, 0.15) is 5.75 Å². The van der Waals surface area contributed by atoms with Crippen molar-refractivity contribution in [1.29, 1.82) is 0 Å². The van der Waals surface area contributed by atoms with Crippen molar-refractivity contribution in [1.82, 2.24) is 10.2 Å². The molecule has 1 saturated carbocycles. The molecular weight excluding hydrogens is 458 g/mol.